The number of hydrogen-bond donors (Lipinski definition) is 2. The summed E-state index contributed by atoms with van der Waals surface area (Å²) in [5.74, 6) is 0.156. The summed E-state index contributed by atoms with van der Waals surface area (Å²) in [5, 5.41) is 13.6. The van der Waals surface area contributed by atoms with Gasteiger partial charge >= 0.3 is 0 Å². The number of nitro groups is 1. The number of guanidine groups is 1. The fraction of sp³-hybridized carbons (Fsp3) is 0.188. The highest BCUT2D eigenvalue weighted by molar-refractivity contribution is 7.90. The smallest absolute Gasteiger partial charge is 0.269 e. The SMILES string of the molecule is Cc1ccc(S(=O)(=O)NC2=NCN(c3ccc([N+](=O)[O-])cc3)CN2)cc1. The molecule has 0 saturated heterocycles. The van der Waals surface area contributed by atoms with Crippen molar-refractivity contribution in [2.45, 2.75) is 11.8 Å². The largest absolute Gasteiger partial charge is 0.338 e. The van der Waals surface area contributed by atoms with Gasteiger partial charge < -0.3 is 10.2 Å². The molecule has 26 heavy (non-hydrogen) atoms. The molecule has 9 nitrogen and oxygen atoms in total. The normalized spacial score (nSPS) is 14.3. The van der Waals surface area contributed by atoms with Gasteiger partial charge in [-0.25, -0.2) is 18.1 Å². The Balaban J connectivity index is 1.67. The van der Waals surface area contributed by atoms with Crippen LogP contribution >= 0.6 is 0 Å². The van der Waals surface area contributed by atoms with Crippen LogP contribution in [0.4, 0.5) is 11.4 Å². The third-order valence-electron chi connectivity index (χ3n) is 3.82. The molecular weight excluding hydrogens is 358 g/mol. The van der Waals surface area contributed by atoms with E-state index in [1.807, 2.05) is 11.8 Å². The van der Waals surface area contributed by atoms with E-state index in [0.29, 0.717) is 6.67 Å². The molecule has 0 saturated carbocycles. The Hall–Kier alpha value is -3.14. The number of anilines is 1. The molecule has 136 valence electrons. The van der Waals surface area contributed by atoms with Crippen molar-refractivity contribution in [1.29, 1.82) is 0 Å². The first kappa shape index (κ1) is 17.7. The highest BCUT2D eigenvalue weighted by Crippen LogP contribution is 2.19. The van der Waals surface area contributed by atoms with E-state index in [-0.39, 0.29) is 23.2 Å². The van der Waals surface area contributed by atoms with E-state index >= 15 is 0 Å². The molecule has 2 aromatic carbocycles. The van der Waals surface area contributed by atoms with Crippen molar-refractivity contribution in [2.24, 2.45) is 4.99 Å². The van der Waals surface area contributed by atoms with Crippen molar-refractivity contribution in [3.63, 3.8) is 0 Å². The molecule has 2 N–H and O–H groups in total. The molecular formula is C16H17N5O4S. The maximum absolute atomic E-state index is 12.4. The van der Waals surface area contributed by atoms with Crippen molar-refractivity contribution in [1.82, 2.24) is 10.0 Å². The molecule has 0 aliphatic carbocycles. The van der Waals surface area contributed by atoms with Crippen molar-refractivity contribution < 1.29 is 13.3 Å². The highest BCUT2D eigenvalue weighted by atomic mass is 32.2. The first-order valence-corrected chi connectivity index (χ1v) is 9.21. The van der Waals surface area contributed by atoms with Crippen LogP contribution < -0.4 is 14.9 Å². The molecule has 1 heterocycles. The first-order chi connectivity index (χ1) is 12.3. The minimum atomic E-state index is -3.71. The number of non-ortho nitro benzene ring substituents is 1. The number of rotatable bonds is 4. The minimum Gasteiger partial charge on any atom is -0.338 e. The Morgan fingerprint density at radius 3 is 2.35 bits per heavy atom. The van der Waals surface area contributed by atoms with Crippen LogP contribution in [0.5, 0.6) is 0 Å². The summed E-state index contributed by atoms with van der Waals surface area (Å²) in [7, 11) is -3.71. The number of aliphatic imine (C=N–C) groups is 1. The molecule has 0 unspecified atom stereocenters. The van der Waals surface area contributed by atoms with E-state index in [2.05, 4.69) is 15.0 Å². The van der Waals surface area contributed by atoms with Crippen molar-refractivity contribution in [3.8, 4) is 0 Å². The molecule has 0 radical (unpaired) electrons. The maximum Gasteiger partial charge on any atom is 0.269 e. The lowest BCUT2D eigenvalue weighted by molar-refractivity contribution is -0.384. The molecule has 0 atom stereocenters. The van der Waals surface area contributed by atoms with Crippen LogP contribution in [0.25, 0.3) is 0 Å². The van der Waals surface area contributed by atoms with Crippen LogP contribution in [0.1, 0.15) is 5.56 Å². The van der Waals surface area contributed by atoms with Crippen molar-refractivity contribution in [2.75, 3.05) is 18.2 Å². The number of hydrogen-bond acceptors (Lipinski definition) is 7. The molecule has 0 spiro atoms. The number of aryl methyl sites for hydroxylation is 1. The zero-order valence-electron chi connectivity index (χ0n) is 13.9. The average molecular weight is 375 g/mol. The Bertz CT molecular complexity index is 940. The van der Waals surface area contributed by atoms with E-state index in [9.17, 15) is 18.5 Å². The zero-order chi connectivity index (χ0) is 18.7. The van der Waals surface area contributed by atoms with E-state index in [4.69, 9.17) is 0 Å². The van der Waals surface area contributed by atoms with Gasteiger partial charge in [-0.2, -0.15) is 0 Å². The molecule has 0 amide bonds. The number of nitro benzene ring substituents is 1. The maximum atomic E-state index is 12.4. The van der Waals surface area contributed by atoms with E-state index in [0.717, 1.165) is 11.3 Å². The van der Waals surface area contributed by atoms with Crippen LogP contribution in [0.15, 0.2) is 58.4 Å². The van der Waals surface area contributed by atoms with Gasteiger partial charge in [0, 0.05) is 17.8 Å². The fourth-order valence-electron chi connectivity index (χ4n) is 2.36. The van der Waals surface area contributed by atoms with Gasteiger partial charge in [-0.1, -0.05) is 17.7 Å². The minimum absolute atomic E-state index is 0.00812. The van der Waals surface area contributed by atoms with Crippen LogP contribution in [-0.2, 0) is 10.0 Å². The topological polar surface area (TPSA) is 117 Å². The second-order valence-corrected chi connectivity index (χ2v) is 7.40. The molecule has 0 bridgehead atoms. The number of nitrogens with one attached hydrogen (secondary N) is 2. The number of benzene rings is 2. The lowest BCUT2D eigenvalue weighted by atomic mass is 10.2. The summed E-state index contributed by atoms with van der Waals surface area (Å²) in [6, 6.07) is 12.6. The van der Waals surface area contributed by atoms with Gasteiger partial charge in [-0.05, 0) is 31.2 Å². The molecule has 0 fully saturated rings. The van der Waals surface area contributed by atoms with E-state index < -0.39 is 14.9 Å². The molecule has 10 heteroatoms. The summed E-state index contributed by atoms with van der Waals surface area (Å²) in [4.78, 5) is 16.4. The predicted octanol–water partition coefficient (Wildman–Crippen LogP) is 1.56. The molecule has 2 aromatic rings. The second-order valence-electron chi connectivity index (χ2n) is 5.71. The standard InChI is InChI=1S/C16H17N5O4S/c1-12-2-8-15(9-3-12)26(24,25)19-16-17-10-20(11-18-16)13-4-6-14(7-5-13)21(22)23/h2-9H,10-11H2,1H3,(H2,17,18,19). The van der Waals surface area contributed by atoms with Crippen molar-refractivity contribution in [3.05, 3.63) is 64.2 Å². The highest BCUT2D eigenvalue weighted by Gasteiger charge is 2.19. The third kappa shape index (κ3) is 3.91. The summed E-state index contributed by atoms with van der Waals surface area (Å²) in [5.41, 5.74) is 1.72. The van der Waals surface area contributed by atoms with Gasteiger partial charge in [-0.15, -0.1) is 0 Å². The quantitative estimate of drug-likeness (QED) is 0.619. The van der Waals surface area contributed by atoms with Gasteiger partial charge in [0.15, 0.2) is 0 Å². The van der Waals surface area contributed by atoms with E-state index in [1.54, 1.807) is 24.3 Å². The lowest BCUT2D eigenvalue weighted by Gasteiger charge is -2.28. The third-order valence-corrected chi connectivity index (χ3v) is 5.18. The van der Waals surface area contributed by atoms with Crippen LogP contribution in [-0.4, -0.2) is 32.6 Å². The van der Waals surface area contributed by atoms with Crippen LogP contribution in [0.2, 0.25) is 0 Å². The Labute approximate surface area is 150 Å². The van der Waals surface area contributed by atoms with Crippen LogP contribution in [0, 0.1) is 17.0 Å². The van der Waals surface area contributed by atoms with Gasteiger partial charge in [0.2, 0.25) is 5.96 Å². The van der Waals surface area contributed by atoms with Crippen molar-refractivity contribution >= 4 is 27.4 Å². The summed E-state index contributed by atoms with van der Waals surface area (Å²) < 4.78 is 27.1. The molecule has 1 aliphatic rings. The summed E-state index contributed by atoms with van der Waals surface area (Å²) in [6.45, 7) is 2.41. The van der Waals surface area contributed by atoms with Gasteiger partial charge in [0.1, 0.15) is 6.67 Å². The predicted molar refractivity (Wildman–Crippen MR) is 97.4 cm³/mol. The first-order valence-electron chi connectivity index (χ1n) is 7.72. The van der Waals surface area contributed by atoms with Gasteiger partial charge in [0.05, 0.1) is 16.5 Å². The fourth-order valence-corrected chi connectivity index (χ4v) is 3.37. The lowest BCUT2D eigenvalue weighted by Crippen LogP contribution is -2.50. The van der Waals surface area contributed by atoms with Gasteiger partial charge in [-0.3, -0.25) is 10.1 Å². The molecule has 3 rings (SSSR count). The monoisotopic (exact) mass is 375 g/mol. The van der Waals surface area contributed by atoms with Gasteiger partial charge in [0.25, 0.3) is 15.7 Å². The second kappa shape index (κ2) is 7.00. The number of sulfonamides is 1. The van der Waals surface area contributed by atoms with E-state index in [1.165, 1.54) is 24.3 Å². The summed E-state index contributed by atoms with van der Waals surface area (Å²) in [6.07, 6.45) is 0. The summed E-state index contributed by atoms with van der Waals surface area (Å²) >= 11 is 0. The molecule has 1 aliphatic heterocycles. The Morgan fingerprint density at radius 1 is 1.15 bits per heavy atom. The van der Waals surface area contributed by atoms with Crippen LogP contribution in [0.3, 0.4) is 0 Å². The molecule has 0 aromatic heterocycles. The Morgan fingerprint density at radius 2 is 1.81 bits per heavy atom. The average Bonchev–Trinajstić information content (AvgIpc) is 2.62. The Kier molecular flexibility index (Phi) is 4.76. The zero-order valence-corrected chi connectivity index (χ0v) is 14.7. The number of nitrogens with zero attached hydrogens (tertiary/aromatic N) is 3.